The zero-order valence-corrected chi connectivity index (χ0v) is 17.2. The number of nitrogens with one attached hydrogen (secondary N) is 1. The third-order valence-electron chi connectivity index (χ3n) is 5.61. The van der Waals surface area contributed by atoms with Gasteiger partial charge in [0.2, 0.25) is 5.82 Å². The highest BCUT2D eigenvalue weighted by molar-refractivity contribution is 5.15. The molecule has 0 saturated carbocycles. The van der Waals surface area contributed by atoms with Crippen molar-refractivity contribution < 1.29 is 14.1 Å². The van der Waals surface area contributed by atoms with Crippen LogP contribution in [-0.2, 0) is 17.8 Å². The number of nitrogens with zero attached hydrogens (tertiary/aromatic N) is 4. The Kier molecular flexibility index (Phi) is 6.36. The van der Waals surface area contributed by atoms with Crippen LogP contribution in [0.5, 0.6) is 0 Å². The van der Waals surface area contributed by atoms with Gasteiger partial charge in [0.15, 0.2) is 11.8 Å². The molecule has 0 aliphatic carbocycles. The van der Waals surface area contributed by atoms with Crippen LogP contribution in [0, 0.1) is 5.92 Å². The number of quaternary nitrogens is 1. The summed E-state index contributed by atoms with van der Waals surface area (Å²) in [7, 11) is 0. The maximum Gasteiger partial charge on any atom is 0.209 e. The highest BCUT2D eigenvalue weighted by Crippen LogP contribution is 2.19. The van der Waals surface area contributed by atoms with Gasteiger partial charge in [-0.3, -0.25) is 0 Å². The Balaban J connectivity index is 1.62. The summed E-state index contributed by atoms with van der Waals surface area (Å²) in [6, 6.07) is 14.5. The largest absolute Gasteiger partial charge is 0.463 e. The van der Waals surface area contributed by atoms with Crippen molar-refractivity contribution in [1.29, 1.82) is 0 Å². The molecule has 1 aliphatic heterocycles. The quantitative estimate of drug-likeness (QED) is 0.601. The summed E-state index contributed by atoms with van der Waals surface area (Å²) in [5, 5.41) is 12.8. The molecule has 0 spiro atoms. The first-order valence-corrected chi connectivity index (χ1v) is 10.5. The first kappa shape index (κ1) is 19.8. The lowest BCUT2D eigenvalue weighted by Gasteiger charge is -2.31. The molecule has 0 radical (unpaired) electrons. The predicted octanol–water partition coefficient (Wildman–Crippen LogP) is 2.28. The van der Waals surface area contributed by atoms with Crippen molar-refractivity contribution in [2.24, 2.45) is 5.92 Å². The molecule has 1 N–H and O–H groups in total. The molecule has 3 atom stereocenters. The van der Waals surface area contributed by atoms with E-state index in [0.29, 0.717) is 12.5 Å². The molecule has 2 aromatic heterocycles. The topological polar surface area (TPSA) is 70.4 Å². The Labute approximate surface area is 171 Å². The Hall–Kier alpha value is -2.51. The van der Waals surface area contributed by atoms with Gasteiger partial charge in [0.1, 0.15) is 19.2 Å². The summed E-state index contributed by atoms with van der Waals surface area (Å²) in [6.07, 6.45) is 4.26. The van der Waals surface area contributed by atoms with Gasteiger partial charge in [0.05, 0.1) is 12.8 Å². The Morgan fingerprint density at radius 3 is 2.72 bits per heavy atom. The molecule has 3 heterocycles. The SMILES string of the molecule is CC(C)[C@@H](c1nnnn1Cc1ccccc1)[NH+](Cc1ccco1)C[C@@H]1CCCO1. The summed E-state index contributed by atoms with van der Waals surface area (Å²) in [6.45, 7) is 7.71. The molecule has 4 rings (SSSR count). The van der Waals surface area contributed by atoms with Crippen LogP contribution >= 0.6 is 0 Å². The molecule has 0 bridgehead atoms. The number of rotatable bonds is 9. The third kappa shape index (κ3) is 4.92. The summed E-state index contributed by atoms with van der Waals surface area (Å²) in [5.41, 5.74) is 1.19. The molecule has 1 saturated heterocycles. The van der Waals surface area contributed by atoms with Gasteiger partial charge in [-0.1, -0.05) is 44.2 Å². The van der Waals surface area contributed by atoms with E-state index in [9.17, 15) is 0 Å². The molecule has 3 aromatic rings. The number of ether oxygens (including phenoxy) is 1. The summed E-state index contributed by atoms with van der Waals surface area (Å²) < 4.78 is 13.6. The molecule has 7 heteroatoms. The minimum absolute atomic E-state index is 0.142. The van der Waals surface area contributed by atoms with E-state index in [-0.39, 0.29) is 12.1 Å². The third-order valence-corrected chi connectivity index (χ3v) is 5.61. The fourth-order valence-corrected chi connectivity index (χ4v) is 4.30. The standard InChI is InChI=1S/C22H29N5O2/c1-17(2)21(22-23-24-25-27(22)14-18-8-4-3-5-9-18)26(15-19-10-6-12-28-19)16-20-11-7-13-29-20/h3-6,8-10,12,17,20-21H,7,11,13-16H2,1-2H3/p+1/t20-,21-/m0/s1. The smallest absolute Gasteiger partial charge is 0.209 e. The maximum absolute atomic E-state index is 5.97. The van der Waals surface area contributed by atoms with E-state index in [4.69, 9.17) is 9.15 Å². The zero-order valence-electron chi connectivity index (χ0n) is 17.2. The van der Waals surface area contributed by atoms with Crippen LogP contribution in [-0.4, -0.2) is 39.5 Å². The van der Waals surface area contributed by atoms with E-state index in [1.165, 1.54) is 10.5 Å². The number of hydrogen-bond donors (Lipinski definition) is 1. The Bertz CT molecular complexity index is 856. The number of benzene rings is 1. The molecule has 7 nitrogen and oxygen atoms in total. The van der Waals surface area contributed by atoms with E-state index < -0.39 is 0 Å². The first-order valence-electron chi connectivity index (χ1n) is 10.5. The van der Waals surface area contributed by atoms with Crippen LogP contribution in [0.2, 0.25) is 0 Å². The van der Waals surface area contributed by atoms with Crippen molar-refractivity contribution in [1.82, 2.24) is 20.2 Å². The Morgan fingerprint density at radius 1 is 1.17 bits per heavy atom. The summed E-state index contributed by atoms with van der Waals surface area (Å²) in [5.74, 6) is 2.26. The van der Waals surface area contributed by atoms with Crippen LogP contribution in [0.3, 0.4) is 0 Å². The minimum atomic E-state index is 0.142. The molecule has 1 fully saturated rings. The number of aromatic nitrogens is 4. The number of furan rings is 1. The maximum atomic E-state index is 5.97. The van der Waals surface area contributed by atoms with E-state index in [0.717, 1.165) is 44.1 Å². The van der Waals surface area contributed by atoms with Crippen molar-refractivity contribution in [2.45, 2.75) is 51.9 Å². The van der Waals surface area contributed by atoms with Crippen molar-refractivity contribution in [2.75, 3.05) is 13.2 Å². The molecule has 29 heavy (non-hydrogen) atoms. The lowest BCUT2D eigenvalue weighted by atomic mass is 10.00. The summed E-state index contributed by atoms with van der Waals surface area (Å²) in [4.78, 5) is 1.38. The van der Waals surface area contributed by atoms with Gasteiger partial charge < -0.3 is 14.1 Å². The van der Waals surface area contributed by atoms with Gasteiger partial charge in [0.25, 0.3) is 0 Å². The highest BCUT2D eigenvalue weighted by atomic mass is 16.5. The van der Waals surface area contributed by atoms with E-state index in [1.54, 1.807) is 6.26 Å². The van der Waals surface area contributed by atoms with Crippen LogP contribution in [0.4, 0.5) is 0 Å². The minimum Gasteiger partial charge on any atom is -0.463 e. The monoisotopic (exact) mass is 396 g/mol. The lowest BCUT2D eigenvalue weighted by Crippen LogP contribution is -3.12. The second kappa shape index (κ2) is 9.33. The first-order chi connectivity index (χ1) is 14.2. The van der Waals surface area contributed by atoms with Crippen molar-refractivity contribution in [3.63, 3.8) is 0 Å². The van der Waals surface area contributed by atoms with Gasteiger partial charge in [0, 0.05) is 12.5 Å². The number of tetrazole rings is 1. The van der Waals surface area contributed by atoms with Crippen LogP contribution in [0.25, 0.3) is 0 Å². The lowest BCUT2D eigenvalue weighted by molar-refractivity contribution is -0.953. The Morgan fingerprint density at radius 2 is 2.03 bits per heavy atom. The number of hydrogen-bond acceptors (Lipinski definition) is 5. The summed E-state index contributed by atoms with van der Waals surface area (Å²) >= 11 is 0. The average molecular weight is 397 g/mol. The van der Waals surface area contributed by atoms with E-state index in [2.05, 4.69) is 41.5 Å². The van der Waals surface area contributed by atoms with Crippen molar-refractivity contribution >= 4 is 0 Å². The van der Waals surface area contributed by atoms with Crippen molar-refractivity contribution in [3.8, 4) is 0 Å². The predicted molar refractivity (Wildman–Crippen MR) is 108 cm³/mol. The van der Waals surface area contributed by atoms with Gasteiger partial charge in [-0.15, -0.1) is 5.10 Å². The van der Waals surface area contributed by atoms with Crippen molar-refractivity contribution in [3.05, 3.63) is 65.9 Å². The van der Waals surface area contributed by atoms with E-state index in [1.807, 2.05) is 35.0 Å². The highest BCUT2D eigenvalue weighted by Gasteiger charge is 2.35. The van der Waals surface area contributed by atoms with Crippen LogP contribution in [0.1, 0.15) is 49.9 Å². The normalized spacial score (nSPS) is 18.9. The molecular weight excluding hydrogens is 366 g/mol. The van der Waals surface area contributed by atoms with E-state index >= 15 is 0 Å². The molecule has 1 aromatic carbocycles. The van der Waals surface area contributed by atoms with Gasteiger partial charge >= 0.3 is 0 Å². The molecule has 0 amide bonds. The second-order valence-corrected chi connectivity index (χ2v) is 8.16. The van der Waals surface area contributed by atoms with Gasteiger partial charge in [-0.05, 0) is 41.0 Å². The fourth-order valence-electron chi connectivity index (χ4n) is 4.30. The molecular formula is C22H30N5O2+. The van der Waals surface area contributed by atoms with Gasteiger partial charge in [-0.25, -0.2) is 4.68 Å². The second-order valence-electron chi connectivity index (χ2n) is 8.16. The molecule has 1 unspecified atom stereocenters. The van der Waals surface area contributed by atoms with Crippen LogP contribution in [0.15, 0.2) is 53.1 Å². The zero-order chi connectivity index (χ0) is 20.1. The molecule has 154 valence electrons. The fraction of sp³-hybridized carbons (Fsp3) is 0.500. The van der Waals surface area contributed by atoms with Crippen LogP contribution < -0.4 is 4.90 Å². The average Bonchev–Trinajstić information content (AvgIpc) is 3.47. The molecule has 1 aliphatic rings. The van der Waals surface area contributed by atoms with Gasteiger partial charge in [-0.2, -0.15) is 0 Å².